The number of rotatable bonds is 6. The van der Waals surface area contributed by atoms with Crippen LogP contribution in [-0.2, 0) is 6.54 Å². The molecule has 0 fully saturated rings. The van der Waals surface area contributed by atoms with Crippen LogP contribution in [0.1, 0.15) is 11.1 Å². The number of ether oxygens (including phenoxy) is 1. The fourth-order valence-electron chi connectivity index (χ4n) is 1.99. The molecule has 2 aromatic rings. The van der Waals surface area contributed by atoms with Gasteiger partial charge in [0.05, 0.1) is 6.54 Å². The van der Waals surface area contributed by atoms with Crippen LogP contribution in [0.15, 0.2) is 30.7 Å². The van der Waals surface area contributed by atoms with E-state index < -0.39 is 11.0 Å². The number of aromatic nitrogens is 2. The lowest BCUT2D eigenvalue weighted by Gasteiger charge is -2.14. The molecule has 7 nitrogen and oxygen atoms in total. The Balaban J connectivity index is 1.89. The molecule has 1 N–H and O–H groups in total. The number of hydrogen-bond donors (Lipinski definition) is 1. The maximum atomic E-state index is 10.5. The molecule has 0 radical (unpaired) electrons. The van der Waals surface area contributed by atoms with Crippen LogP contribution in [0.5, 0.6) is 5.75 Å². The normalized spacial score (nSPS) is 12.1. The van der Waals surface area contributed by atoms with Crippen LogP contribution in [-0.4, -0.2) is 32.3 Å². The molecule has 1 heterocycles. The molecule has 0 amide bonds. The van der Waals surface area contributed by atoms with Crippen LogP contribution in [0.25, 0.3) is 0 Å². The highest BCUT2D eigenvalue weighted by molar-refractivity contribution is 5.35. The van der Waals surface area contributed by atoms with Gasteiger partial charge in [-0.1, -0.05) is 17.7 Å². The molecule has 0 aliphatic heterocycles. The second-order valence-electron chi connectivity index (χ2n) is 4.92. The van der Waals surface area contributed by atoms with Gasteiger partial charge in [-0.15, -0.1) is 0 Å². The fourth-order valence-corrected chi connectivity index (χ4v) is 1.99. The molecular formula is C14H17N3O4. The minimum Gasteiger partial charge on any atom is -0.491 e. The number of imidazole rings is 1. The van der Waals surface area contributed by atoms with Crippen molar-refractivity contribution < 1.29 is 14.8 Å². The first kappa shape index (κ1) is 15.0. The highest BCUT2D eigenvalue weighted by atomic mass is 16.6. The summed E-state index contributed by atoms with van der Waals surface area (Å²) < 4.78 is 7.03. The van der Waals surface area contributed by atoms with E-state index in [4.69, 9.17) is 4.74 Å². The van der Waals surface area contributed by atoms with Gasteiger partial charge < -0.3 is 24.5 Å². The third kappa shape index (κ3) is 4.03. The number of benzene rings is 1. The Morgan fingerprint density at radius 3 is 2.86 bits per heavy atom. The first-order valence-corrected chi connectivity index (χ1v) is 6.50. The lowest BCUT2D eigenvalue weighted by Crippen LogP contribution is -2.23. The summed E-state index contributed by atoms with van der Waals surface area (Å²) in [6.07, 6.45) is 1.82. The summed E-state index contributed by atoms with van der Waals surface area (Å²) in [5, 5.41) is 20.4. The summed E-state index contributed by atoms with van der Waals surface area (Å²) in [5.74, 6) is 0.480. The van der Waals surface area contributed by atoms with Crippen molar-refractivity contribution in [2.24, 2.45) is 0 Å². The average Bonchev–Trinajstić information content (AvgIpc) is 2.86. The summed E-state index contributed by atoms with van der Waals surface area (Å²) in [6.45, 7) is 4.23. The van der Waals surface area contributed by atoms with Crippen LogP contribution in [0.4, 0.5) is 5.82 Å². The monoisotopic (exact) mass is 291 g/mol. The van der Waals surface area contributed by atoms with E-state index in [9.17, 15) is 15.2 Å². The van der Waals surface area contributed by atoms with E-state index in [1.807, 2.05) is 32.0 Å². The van der Waals surface area contributed by atoms with Crippen LogP contribution < -0.4 is 4.74 Å². The Morgan fingerprint density at radius 2 is 2.24 bits per heavy atom. The van der Waals surface area contributed by atoms with Crippen molar-refractivity contribution in [2.75, 3.05) is 6.61 Å². The average molecular weight is 291 g/mol. The molecule has 1 atom stereocenters. The second-order valence-corrected chi connectivity index (χ2v) is 4.92. The van der Waals surface area contributed by atoms with Gasteiger partial charge in [-0.25, -0.2) is 0 Å². The zero-order valence-corrected chi connectivity index (χ0v) is 11.9. The third-order valence-corrected chi connectivity index (χ3v) is 2.99. The Labute approximate surface area is 122 Å². The molecule has 21 heavy (non-hydrogen) atoms. The van der Waals surface area contributed by atoms with E-state index in [-0.39, 0.29) is 19.0 Å². The summed E-state index contributed by atoms with van der Waals surface area (Å²) in [5.41, 5.74) is 2.14. The van der Waals surface area contributed by atoms with Crippen molar-refractivity contribution in [3.63, 3.8) is 0 Å². The van der Waals surface area contributed by atoms with E-state index in [1.165, 1.54) is 17.1 Å². The largest absolute Gasteiger partial charge is 0.491 e. The Hall–Kier alpha value is -2.41. The number of aryl methyl sites for hydroxylation is 2. The van der Waals surface area contributed by atoms with Gasteiger partial charge >= 0.3 is 5.82 Å². The molecule has 0 saturated heterocycles. The molecule has 2 rings (SSSR count). The second kappa shape index (κ2) is 6.36. The van der Waals surface area contributed by atoms with Crippen LogP contribution in [0.3, 0.4) is 0 Å². The Morgan fingerprint density at radius 1 is 1.48 bits per heavy atom. The Bertz CT molecular complexity index is 639. The van der Waals surface area contributed by atoms with Gasteiger partial charge in [-0.3, -0.25) is 0 Å². The van der Waals surface area contributed by atoms with Crippen molar-refractivity contribution >= 4 is 5.82 Å². The SMILES string of the molecule is Cc1ccc(OCC(O)Cn2cnc([N+](=O)[O-])c2)c(C)c1. The van der Waals surface area contributed by atoms with Crippen LogP contribution in [0, 0.1) is 24.0 Å². The van der Waals surface area contributed by atoms with Crippen molar-refractivity contribution in [3.8, 4) is 5.75 Å². The summed E-state index contributed by atoms with van der Waals surface area (Å²) in [7, 11) is 0. The van der Waals surface area contributed by atoms with E-state index in [1.54, 1.807) is 0 Å². The van der Waals surface area contributed by atoms with Gasteiger partial charge in [0.1, 0.15) is 24.7 Å². The van der Waals surface area contributed by atoms with Gasteiger partial charge in [0.15, 0.2) is 0 Å². The lowest BCUT2D eigenvalue weighted by atomic mass is 10.1. The van der Waals surface area contributed by atoms with Gasteiger partial charge in [-0.05, 0) is 35.4 Å². The van der Waals surface area contributed by atoms with Crippen LogP contribution >= 0.6 is 0 Å². The zero-order chi connectivity index (χ0) is 15.4. The smallest absolute Gasteiger partial charge is 0.381 e. The van der Waals surface area contributed by atoms with Crippen LogP contribution in [0.2, 0.25) is 0 Å². The molecule has 1 unspecified atom stereocenters. The molecule has 0 aliphatic carbocycles. The van der Waals surface area contributed by atoms with Gasteiger partial charge in [0, 0.05) is 0 Å². The predicted molar refractivity (Wildman–Crippen MR) is 76.3 cm³/mol. The van der Waals surface area contributed by atoms with E-state index >= 15 is 0 Å². The molecule has 0 spiro atoms. The molecule has 112 valence electrons. The third-order valence-electron chi connectivity index (χ3n) is 2.99. The van der Waals surface area contributed by atoms with E-state index in [0.29, 0.717) is 0 Å². The molecule has 7 heteroatoms. The number of hydrogen-bond acceptors (Lipinski definition) is 5. The number of aliphatic hydroxyl groups is 1. The van der Waals surface area contributed by atoms with E-state index in [2.05, 4.69) is 4.98 Å². The summed E-state index contributed by atoms with van der Waals surface area (Å²) in [6, 6.07) is 5.80. The summed E-state index contributed by atoms with van der Waals surface area (Å²) >= 11 is 0. The molecule has 0 saturated carbocycles. The standard InChI is InChI=1S/C14H17N3O4/c1-10-3-4-13(11(2)5-10)21-8-12(18)6-16-7-14(15-9-16)17(19)20/h3-5,7,9,12,18H,6,8H2,1-2H3. The van der Waals surface area contributed by atoms with Gasteiger partial charge in [-0.2, -0.15) is 0 Å². The highest BCUT2D eigenvalue weighted by Gasteiger charge is 2.13. The lowest BCUT2D eigenvalue weighted by molar-refractivity contribution is -0.389. The minimum atomic E-state index is -0.778. The van der Waals surface area contributed by atoms with Crippen molar-refractivity contribution in [2.45, 2.75) is 26.5 Å². The first-order chi connectivity index (χ1) is 9.95. The van der Waals surface area contributed by atoms with E-state index in [0.717, 1.165) is 16.9 Å². The molecule has 0 aliphatic rings. The highest BCUT2D eigenvalue weighted by Crippen LogP contribution is 2.19. The predicted octanol–water partition coefficient (Wildman–Crippen LogP) is 1.85. The zero-order valence-electron chi connectivity index (χ0n) is 11.9. The van der Waals surface area contributed by atoms with Crippen molar-refractivity contribution in [1.29, 1.82) is 0 Å². The first-order valence-electron chi connectivity index (χ1n) is 6.50. The number of aliphatic hydroxyl groups excluding tert-OH is 1. The maximum Gasteiger partial charge on any atom is 0.381 e. The molecule has 1 aromatic carbocycles. The topological polar surface area (TPSA) is 90.4 Å². The molecular weight excluding hydrogens is 274 g/mol. The fraction of sp³-hybridized carbons (Fsp3) is 0.357. The van der Waals surface area contributed by atoms with Crippen molar-refractivity contribution in [1.82, 2.24) is 9.55 Å². The Kier molecular flexibility index (Phi) is 4.54. The number of nitrogens with zero attached hydrogens (tertiary/aromatic N) is 3. The maximum absolute atomic E-state index is 10.5. The molecule has 0 bridgehead atoms. The molecule has 1 aromatic heterocycles. The minimum absolute atomic E-state index is 0.107. The quantitative estimate of drug-likeness (QED) is 0.648. The van der Waals surface area contributed by atoms with Gasteiger partial charge in [0.2, 0.25) is 6.33 Å². The van der Waals surface area contributed by atoms with Crippen molar-refractivity contribution in [3.05, 3.63) is 52.0 Å². The van der Waals surface area contributed by atoms with Gasteiger partial charge in [0.25, 0.3) is 0 Å². The number of nitro groups is 1. The summed E-state index contributed by atoms with van der Waals surface area (Å²) in [4.78, 5) is 13.6.